The molecule has 6 heteroatoms. The molecule has 2 heterocycles. The molecule has 1 fully saturated rings. The number of carbonyl (C=O) groups is 1. The molecule has 0 bridgehead atoms. The summed E-state index contributed by atoms with van der Waals surface area (Å²) in [4.78, 5) is 16.5. The number of hydrogen-bond acceptors (Lipinski definition) is 5. The molecular formula is C14H17N3OS2. The van der Waals surface area contributed by atoms with Crippen molar-refractivity contribution in [3.8, 4) is 0 Å². The molecule has 0 saturated carbocycles. The highest BCUT2D eigenvalue weighted by molar-refractivity contribution is 8.00. The second-order valence-electron chi connectivity index (χ2n) is 4.91. The van der Waals surface area contributed by atoms with Crippen LogP contribution in [0.25, 0.3) is 10.2 Å². The molecule has 0 spiro atoms. The molecule has 4 nitrogen and oxygen atoms in total. The summed E-state index contributed by atoms with van der Waals surface area (Å²) < 4.78 is 2.17. The third-order valence-corrected chi connectivity index (χ3v) is 5.42. The first-order valence-corrected chi connectivity index (χ1v) is 8.76. The molecule has 0 radical (unpaired) electrons. The fraction of sp³-hybridized carbons (Fsp3) is 0.429. The van der Waals surface area contributed by atoms with Crippen molar-refractivity contribution in [2.24, 2.45) is 0 Å². The standard InChI is InChI=1S/C14H17N3OS2/c1-19-14-17-11-5-4-10(7-12(11)20-14)16-13(18)8-9-3-2-6-15-9/h4-5,7,9,15H,2-3,6,8H2,1H3,(H,16,18). The van der Waals surface area contributed by atoms with Crippen LogP contribution in [0.2, 0.25) is 0 Å². The van der Waals surface area contributed by atoms with E-state index < -0.39 is 0 Å². The Balaban J connectivity index is 1.68. The van der Waals surface area contributed by atoms with E-state index in [4.69, 9.17) is 0 Å². The number of rotatable bonds is 4. The smallest absolute Gasteiger partial charge is 0.225 e. The summed E-state index contributed by atoms with van der Waals surface area (Å²) in [6.07, 6.45) is 4.84. The molecule has 20 heavy (non-hydrogen) atoms. The molecule has 1 amide bonds. The minimum Gasteiger partial charge on any atom is -0.326 e. The minimum atomic E-state index is 0.0818. The molecule has 106 valence electrons. The third kappa shape index (κ3) is 3.13. The van der Waals surface area contributed by atoms with Crippen molar-refractivity contribution in [1.29, 1.82) is 0 Å². The summed E-state index contributed by atoms with van der Waals surface area (Å²) >= 11 is 3.31. The highest BCUT2D eigenvalue weighted by Gasteiger charge is 2.17. The van der Waals surface area contributed by atoms with Crippen LogP contribution in [0.15, 0.2) is 22.5 Å². The van der Waals surface area contributed by atoms with Gasteiger partial charge in [0.15, 0.2) is 4.34 Å². The van der Waals surface area contributed by atoms with E-state index in [1.54, 1.807) is 23.1 Å². The van der Waals surface area contributed by atoms with E-state index in [0.29, 0.717) is 12.5 Å². The van der Waals surface area contributed by atoms with Crippen molar-refractivity contribution < 1.29 is 4.79 Å². The highest BCUT2D eigenvalue weighted by Crippen LogP contribution is 2.30. The molecule has 1 aromatic carbocycles. The average molecular weight is 307 g/mol. The van der Waals surface area contributed by atoms with E-state index >= 15 is 0 Å². The van der Waals surface area contributed by atoms with Gasteiger partial charge in [-0.3, -0.25) is 4.79 Å². The zero-order valence-corrected chi connectivity index (χ0v) is 12.9. The lowest BCUT2D eigenvalue weighted by Gasteiger charge is -2.10. The van der Waals surface area contributed by atoms with Gasteiger partial charge in [0.05, 0.1) is 10.2 Å². The molecule has 2 aromatic rings. The van der Waals surface area contributed by atoms with Gasteiger partial charge in [-0.2, -0.15) is 0 Å². The van der Waals surface area contributed by atoms with Gasteiger partial charge in [-0.1, -0.05) is 11.8 Å². The zero-order valence-electron chi connectivity index (χ0n) is 11.3. The number of amides is 1. The number of nitrogens with zero attached hydrogens (tertiary/aromatic N) is 1. The number of carbonyl (C=O) groups excluding carboxylic acids is 1. The van der Waals surface area contributed by atoms with E-state index in [9.17, 15) is 4.79 Å². The van der Waals surface area contributed by atoms with Gasteiger partial charge in [0.25, 0.3) is 0 Å². The minimum absolute atomic E-state index is 0.0818. The van der Waals surface area contributed by atoms with Crippen LogP contribution in [0.5, 0.6) is 0 Å². The van der Waals surface area contributed by atoms with Crippen LogP contribution < -0.4 is 10.6 Å². The van der Waals surface area contributed by atoms with Gasteiger partial charge in [-0.25, -0.2) is 4.98 Å². The van der Waals surface area contributed by atoms with Crippen molar-refractivity contribution in [3.63, 3.8) is 0 Å². The summed E-state index contributed by atoms with van der Waals surface area (Å²) in [5, 5.41) is 6.32. The lowest BCUT2D eigenvalue weighted by atomic mass is 10.1. The summed E-state index contributed by atoms with van der Waals surface area (Å²) in [7, 11) is 0. The lowest BCUT2D eigenvalue weighted by Crippen LogP contribution is -2.27. The SMILES string of the molecule is CSc1nc2ccc(NC(=O)CC3CCCN3)cc2s1. The number of aromatic nitrogens is 1. The number of thiazole rings is 1. The molecule has 1 aliphatic heterocycles. The van der Waals surface area contributed by atoms with E-state index in [1.165, 1.54) is 6.42 Å². The molecule has 1 aromatic heterocycles. The van der Waals surface area contributed by atoms with E-state index in [-0.39, 0.29) is 5.91 Å². The molecule has 1 aliphatic rings. The van der Waals surface area contributed by atoms with Gasteiger partial charge in [0.2, 0.25) is 5.91 Å². The van der Waals surface area contributed by atoms with Crippen LogP contribution >= 0.6 is 23.1 Å². The Morgan fingerprint density at radius 2 is 2.50 bits per heavy atom. The van der Waals surface area contributed by atoms with Crippen molar-refractivity contribution in [2.75, 3.05) is 18.1 Å². The molecule has 1 saturated heterocycles. The predicted molar refractivity (Wildman–Crippen MR) is 85.7 cm³/mol. The van der Waals surface area contributed by atoms with Crippen LogP contribution in [0.4, 0.5) is 5.69 Å². The summed E-state index contributed by atoms with van der Waals surface area (Å²) in [6.45, 7) is 1.03. The second-order valence-corrected chi connectivity index (χ2v) is 7.00. The van der Waals surface area contributed by atoms with Gasteiger partial charge < -0.3 is 10.6 Å². The number of anilines is 1. The van der Waals surface area contributed by atoms with Gasteiger partial charge in [0, 0.05) is 18.2 Å². The normalized spacial score (nSPS) is 18.6. The molecule has 1 unspecified atom stereocenters. The van der Waals surface area contributed by atoms with Crippen molar-refractivity contribution in [3.05, 3.63) is 18.2 Å². The molecule has 3 rings (SSSR count). The maximum Gasteiger partial charge on any atom is 0.225 e. The van der Waals surface area contributed by atoms with E-state index in [2.05, 4.69) is 15.6 Å². The largest absolute Gasteiger partial charge is 0.326 e. The van der Waals surface area contributed by atoms with E-state index in [0.717, 1.165) is 33.2 Å². The quantitative estimate of drug-likeness (QED) is 0.852. The number of benzene rings is 1. The molecule has 0 aliphatic carbocycles. The first-order valence-electron chi connectivity index (χ1n) is 6.72. The lowest BCUT2D eigenvalue weighted by molar-refractivity contribution is -0.116. The Kier molecular flexibility index (Phi) is 4.24. The first-order chi connectivity index (χ1) is 9.74. The van der Waals surface area contributed by atoms with Gasteiger partial charge in [-0.05, 0) is 43.8 Å². The Bertz CT molecular complexity index is 620. The second kappa shape index (κ2) is 6.11. The summed E-state index contributed by atoms with van der Waals surface area (Å²) in [5.41, 5.74) is 1.85. The van der Waals surface area contributed by atoms with Crippen LogP contribution in [-0.2, 0) is 4.79 Å². The Morgan fingerprint density at radius 3 is 3.25 bits per heavy atom. The Labute approximate surface area is 126 Å². The first kappa shape index (κ1) is 13.9. The topological polar surface area (TPSA) is 54.0 Å². The Morgan fingerprint density at radius 1 is 1.60 bits per heavy atom. The molecule has 2 N–H and O–H groups in total. The maximum atomic E-state index is 12.0. The maximum absolute atomic E-state index is 12.0. The van der Waals surface area contributed by atoms with Crippen molar-refractivity contribution in [2.45, 2.75) is 29.6 Å². The predicted octanol–water partition coefficient (Wildman–Crippen LogP) is 3.10. The Hall–Kier alpha value is -1.11. The fourth-order valence-corrected chi connectivity index (χ4v) is 3.96. The number of hydrogen-bond donors (Lipinski definition) is 2. The zero-order chi connectivity index (χ0) is 13.9. The summed E-state index contributed by atoms with van der Waals surface area (Å²) in [6, 6.07) is 6.23. The van der Waals surface area contributed by atoms with Crippen LogP contribution in [0.1, 0.15) is 19.3 Å². The monoisotopic (exact) mass is 307 g/mol. The van der Waals surface area contributed by atoms with Crippen LogP contribution in [0, 0.1) is 0 Å². The number of nitrogens with one attached hydrogen (secondary N) is 2. The molecule has 1 atom stereocenters. The van der Waals surface area contributed by atoms with Crippen LogP contribution in [0.3, 0.4) is 0 Å². The highest BCUT2D eigenvalue weighted by atomic mass is 32.2. The van der Waals surface area contributed by atoms with Crippen LogP contribution in [-0.4, -0.2) is 29.7 Å². The van der Waals surface area contributed by atoms with Crippen molar-refractivity contribution >= 4 is 44.9 Å². The number of thioether (sulfide) groups is 1. The van der Waals surface area contributed by atoms with Gasteiger partial charge in [-0.15, -0.1) is 11.3 Å². The summed E-state index contributed by atoms with van der Waals surface area (Å²) in [5.74, 6) is 0.0818. The van der Waals surface area contributed by atoms with Gasteiger partial charge in [0.1, 0.15) is 0 Å². The van der Waals surface area contributed by atoms with E-state index in [1.807, 2.05) is 24.5 Å². The molecular weight excluding hydrogens is 290 g/mol. The number of fused-ring (bicyclic) bond motifs is 1. The third-order valence-electron chi connectivity index (χ3n) is 3.42. The fourth-order valence-electron chi connectivity index (χ4n) is 2.44. The van der Waals surface area contributed by atoms with Gasteiger partial charge >= 0.3 is 0 Å². The van der Waals surface area contributed by atoms with Crippen molar-refractivity contribution in [1.82, 2.24) is 10.3 Å². The average Bonchev–Trinajstić information content (AvgIpc) is 3.06.